The molecule has 2 heteroatoms. The largest absolute Gasteiger partial charge is 0.317 e. The lowest BCUT2D eigenvalue weighted by Crippen LogP contribution is -2.19. The van der Waals surface area contributed by atoms with E-state index in [4.69, 9.17) is 0 Å². The Balaban J connectivity index is 0.00000242. The predicted molar refractivity (Wildman–Crippen MR) is 99.0 cm³/mol. The lowest BCUT2D eigenvalue weighted by molar-refractivity contribution is 0.579. The molecule has 120 valence electrons. The Morgan fingerprint density at radius 3 is 1.82 bits per heavy atom. The number of unbranched alkanes of at least 4 members (excludes halogenated alkanes) is 2. The first kappa shape index (κ1) is 18.7. The maximum Gasteiger partial charge on any atom is 0.0101 e. The third-order valence-corrected chi connectivity index (χ3v) is 3.97. The van der Waals surface area contributed by atoms with Crippen molar-refractivity contribution in [2.45, 2.75) is 38.5 Å². The number of benzene rings is 2. The maximum absolute atomic E-state index is 3.59. The standard InChI is InChI=1S/C20H27N.ClH/c1-2-3-10-16-21-17-15-20(18-11-6-4-7-12-18)19-13-8-5-9-14-19;/h4-9,11-14,20-21H,2-3,10,15-17H2,1H3;1H. The van der Waals surface area contributed by atoms with Crippen molar-refractivity contribution in [3.05, 3.63) is 71.8 Å². The monoisotopic (exact) mass is 317 g/mol. The predicted octanol–water partition coefficient (Wildman–Crippen LogP) is 5.41. The second-order valence-electron chi connectivity index (χ2n) is 5.62. The van der Waals surface area contributed by atoms with E-state index in [-0.39, 0.29) is 12.4 Å². The minimum atomic E-state index is 0. The zero-order valence-electron chi connectivity index (χ0n) is 13.5. The van der Waals surface area contributed by atoms with Crippen LogP contribution in [0.5, 0.6) is 0 Å². The number of halogens is 1. The fourth-order valence-electron chi connectivity index (χ4n) is 2.77. The van der Waals surface area contributed by atoms with Crippen LogP contribution >= 0.6 is 12.4 Å². The van der Waals surface area contributed by atoms with E-state index in [1.165, 1.54) is 30.4 Å². The Hall–Kier alpha value is -1.31. The third-order valence-electron chi connectivity index (χ3n) is 3.97. The van der Waals surface area contributed by atoms with Crippen molar-refractivity contribution in [2.24, 2.45) is 0 Å². The molecule has 0 aromatic heterocycles. The van der Waals surface area contributed by atoms with Crippen LogP contribution in [-0.2, 0) is 0 Å². The van der Waals surface area contributed by atoms with Crippen molar-refractivity contribution in [1.82, 2.24) is 5.32 Å². The first-order valence-electron chi connectivity index (χ1n) is 8.22. The van der Waals surface area contributed by atoms with Crippen molar-refractivity contribution in [2.75, 3.05) is 13.1 Å². The highest BCUT2D eigenvalue weighted by Crippen LogP contribution is 2.27. The highest BCUT2D eigenvalue weighted by Gasteiger charge is 2.12. The Labute approximate surface area is 141 Å². The molecule has 0 aliphatic carbocycles. The van der Waals surface area contributed by atoms with Gasteiger partial charge in [-0.3, -0.25) is 0 Å². The van der Waals surface area contributed by atoms with E-state index in [1.807, 2.05) is 0 Å². The van der Waals surface area contributed by atoms with Crippen molar-refractivity contribution in [1.29, 1.82) is 0 Å². The average Bonchev–Trinajstić information content (AvgIpc) is 2.56. The lowest BCUT2D eigenvalue weighted by Gasteiger charge is -2.18. The lowest BCUT2D eigenvalue weighted by atomic mass is 9.88. The summed E-state index contributed by atoms with van der Waals surface area (Å²) in [5.74, 6) is 0.492. The van der Waals surface area contributed by atoms with Gasteiger partial charge in [-0.2, -0.15) is 0 Å². The molecule has 2 aromatic rings. The molecule has 0 amide bonds. The summed E-state index contributed by atoms with van der Waals surface area (Å²) < 4.78 is 0. The quantitative estimate of drug-likeness (QED) is 0.610. The van der Waals surface area contributed by atoms with Crippen LogP contribution in [-0.4, -0.2) is 13.1 Å². The fraction of sp³-hybridized carbons (Fsp3) is 0.400. The summed E-state index contributed by atoms with van der Waals surface area (Å²) >= 11 is 0. The topological polar surface area (TPSA) is 12.0 Å². The second kappa shape index (κ2) is 11.3. The highest BCUT2D eigenvalue weighted by molar-refractivity contribution is 5.85. The van der Waals surface area contributed by atoms with E-state index >= 15 is 0 Å². The molecule has 1 nitrogen and oxygen atoms in total. The van der Waals surface area contributed by atoms with Crippen LogP contribution in [0.2, 0.25) is 0 Å². The summed E-state index contributed by atoms with van der Waals surface area (Å²) in [5, 5.41) is 3.59. The molecule has 2 aromatic carbocycles. The third kappa shape index (κ3) is 6.21. The molecule has 22 heavy (non-hydrogen) atoms. The van der Waals surface area contributed by atoms with Gasteiger partial charge in [0, 0.05) is 5.92 Å². The van der Waals surface area contributed by atoms with Crippen LogP contribution in [0.1, 0.15) is 49.7 Å². The molecular formula is C20H28ClN. The van der Waals surface area contributed by atoms with Crippen molar-refractivity contribution < 1.29 is 0 Å². The van der Waals surface area contributed by atoms with E-state index in [0.717, 1.165) is 19.5 Å². The number of rotatable bonds is 9. The molecule has 0 spiro atoms. The van der Waals surface area contributed by atoms with Crippen molar-refractivity contribution >= 4 is 12.4 Å². The van der Waals surface area contributed by atoms with E-state index in [9.17, 15) is 0 Å². The smallest absolute Gasteiger partial charge is 0.0101 e. The number of hydrogen-bond donors (Lipinski definition) is 1. The van der Waals surface area contributed by atoms with Gasteiger partial charge in [0.25, 0.3) is 0 Å². The van der Waals surface area contributed by atoms with Gasteiger partial charge in [0.15, 0.2) is 0 Å². The molecule has 0 saturated carbocycles. The molecule has 0 radical (unpaired) electrons. The average molecular weight is 318 g/mol. The van der Waals surface area contributed by atoms with Gasteiger partial charge in [-0.25, -0.2) is 0 Å². The Kier molecular flexibility index (Phi) is 9.61. The summed E-state index contributed by atoms with van der Waals surface area (Å²) in [7, 11) is 0. The summed E-state index contributed by atoms with van der Waals surface area (Å²) in [4.78, 5) is 0. The SMILES string of the molecule is CCCCCNCCC(c1ccccc1)c1ccccc1.Cl. The van der Waals surface area contributed by atoms with E-state index in [2.05, 4.69) is 72.9 Å². The van der Waals surface area contributed by atoms with Crippen molar-refractivity contribution in [3.63, 3.8) is 0 Å². The van der Waals surface area contributed by atoms with Gasteiger partial charge in [-0.15, -0.1) is 12.4 Å². The molecule has 0 heterocycles. The van der Waals surface area contributed by atoms with Crippen LogP contribution in [0, 0.1) is 0 Å². The highest BCUT2D eigenvalue weighted by atomic mass is 35.5. The molecule has 0 fully saturated rings. The van der Waals surface area contributed by atoms with Crippen molar-refractivity contribution in [3.8, 4) is 0 Å². The summed E-state index contributed by atoms with van der Waals surface area (Å²) in [6, 6.07) is 21.7. The van der Waals surface area contributed by atoms with E-state index in [1.54, 1.807) is 0 Å². The fourth-order valence-corrected chi connectivity index (χ4v) is 2.77. The van der Waals surface area contributed by atoms with Gasteiger partial charge in [-0.05, 0) is 37.1 Å². The second-order valence-corrected chi connectivity index (χ2v) is 5.62. The summed E-state index contributed by atoms with van der Waals surface area (Å²) in [6.07, 6.45) is 5.06. The zero-order chi connectivity index (χ0) is 14.8. The van der Waals surface area contributed by atoms with Gasteiger partial charge < -0.3 is 5.32 Å². The van der Waals surface area contributed by atoms with Crippen LogP contribution < -0.4 is 5.32 Å². The molecule has 0 aliphatic heterocycles. The first-order chi connectivity index (χ1) is 10.4. The molecular weight excluding hydrogens is 290 g/mol. The first-order valence-corrected chi connectivity index (χ1v) is 8.22. The Morgan fingerprint density at radius 1 is 0.773 bits per heavy atom. The summed E-state index contributed by atoms with van der Waals surface area (Å²) in [5.41, 5.74) is 2.83. The molecule has 0 unspecified atom stereocenters. The minimum Gasteiger partial charge on any atom is -0.317 e. The zero-order valence-corrected chi connectivity index (χ0v) is 14.3. The van der Waals surface area contributed by atoms with Crippen LogP contribution in [0.3, 0.4) is 0 Å². The van der Waals surface area contributed by atoms with Gasteiger partial charge in [0.2, 0.25) is 0 Å². The van der Waals surface area contributed by atoms with Gasteiger partial charge in [0.1, 0.15) is 0 Å². The molecule has 1 N–H and O–H groups in total. The van der Waals surface area contributed by atoms with E-state index in [0.29, 0.717) is 5.92 Å². The maximum atomic E-state index is 3.59. The minimum absolute atomic E-state index is 0. The molecule has 0 aliphatic rings. The number of hydrogen-bond acceptors (Lipinski definition) is 1. The molecule has 0 saturated heterocycles. The molecule has 0 atom stereocenters. The van der Waals surface area contributed by atoms with Crippen LogP contribution in [0.4, 0.5) is 0 Å². The normalized spacial score (nSPS) is 10.5. The van der Waals surface area contributed by atoms with Crippen LogP contribution in [0.25, 0.3) is 0 Å². The van der Waals surface area contributed by atoms with E-state index < -0.39 is 0 Å². The summed E-state index contributed by atoms with van der Waals surface area (Å²) in [6.45, 7) is 4.48. The molecule has 0 bridgehead atoms. The van der Waals surface area contributed by atoms with Gasteiger partial charge in [0.05, 0.1) is 0 Å². The van der Waals surface area contributed by atoms with Gasteiger partial charge in [-0.1, -0.05) is 80.4 Å². The van der Waals surface area contributed by atoms with Crippen LogP contribution in [0.15, 0.2) is 60.7 Å². The van der Waals surface area contributed by atoms with Gasteiger partial charge >= 0.3 is 0 Å². The number of nitrogens with one attached hydrogen (secondary N) is 1. The molecule has 2 rings (SSSR count). The Bertz CT molecular complexity index is 444. The Morgan fingerprint density at radius 2 is 1.32 bits per heavy atom.